The summed E-state index contributed by atoms with van der Waals surface area (Å²) < 4.78 is 11.3. The molecule has 0 unspecified atom stereocenters. The van der Waals surface area contributed by atoms with Crippen molar-refractivity contribution in [3.63, 3.8) is 0 Å². The molecule has 118 valence electrons. The normalized spacial score (nSPS) is 15.1. The zero-order valence-corrected chi connectivity index (χ0v) is 12.6. The maximum atomic E-state index is 12.0. The summed E-state index contributed by atoms with van der Waals surface area (Å²) in [4.78, 5) is 12.0. The van der Waals surface area contributed by atoms with Crippen LogP contribution in [0.25, 0.3) is 0 Å². The topological polar surface area (TPSA) is 80.2 Å². The Hall–Kier alpha value is -3.02. The summed E-state index contributed by atoms with van der Waals surface area (Å²) in [6.07, 6.45) is 0. The fourth-order valence-corrected chi connectivity index (χ4v) is 2.13. The van der Waals surface area contributed by atoms with Crippen molar-refractivity contribution in [1.29, 1.82) is 0 Å². The van der Waals surface area contributed by atoms with Crippen LogP contribution in [0.5, 0.6) is 17.2 Å². The van der Waals surface area contributed by atoms with Crippen molar-refractivity contribution in [3.8, 4) is 17.2 Å². The van der Waals surface area contributed by atoms with Crippen LogP contribution in [-0.4, -0.2) is 29.9 Å². The molecule has 2 aromatic rings. The molecule has 2 aromatic carbocycles. The number of hydrogen-bond acceptors (Lipinski definition) is 5. The van der Waals surface area contributed by atoms with Gasteiger partial charge in [0.15, 0.2) is 11.5 Å². The number of carbonyl (C=O) groups is 1. The third kappa shape index (κ3) is 3.42. The minimum Gasteiger partial charge on any atom is -0.507 e. The van der Waals surface area contributed by atoms with E-state index in [0.717, 1.165) is 5.56 Å². The van der Waals surface area contributed by atoms with Crippen LogP contribution in [0.1, 0.15) is 15.9 Å². The van der Waals surface area contributed by atoms with Gasteiger partial charge in [-0.1, -0.05) is 18.2 Å². The number of hydrogen-bond donors (Lipinski definition) is 2. The number of phenolic OH excluding ortho intramolecular Hbond substituents is 1. The summed E-state index contributed by atoms with van der Waals surface area (Å²) in [7, 11) is 0. The molecule has 0 radical (unpaired) electrons. The monoisotopic (exact) mass is 312 g/mol. The molecule has 0 aliphatic carbocycles. The summed E-state index contributed by atoms with van der Waals surface area (Å²) in [6, 6.07) is 11.9. The van der Waals surface area contributed by atoms with Gasteiger partial charge in [0.05, 0.1) is 5.56 Å². The van der Waals surface area contributed by atoms with E-state index in [4.69, 9.17) is 9.47 Å². The fraction of sp³-hybridized carbons (Fsp3) is 0.176. The second-order valence-corrected chi connectivity index (χ2v) is 5.16. The average molecular weight is 312 g/mol. The molecule has 1 heterocycles. The SMILES string of the molecule is Cc1ccc2c(c1)OC/C(=N/NC(=O)c1ccccc1O)CO2. The Morgan fingerprint density at radius 2 is 1.87 bits per heavy atom. The van der Waals surface area contributed by atoms with Crippen LogP contribution in [-0.2, 0) is 0 Å². The van der Waals surface area contributed by atoms with Gasteiger partial charge in [0.25, 0.3) is 5.91 Å². The smallest absolute Gasteiger partial charge is 0.275 e. The second kappa shape index (κ2) is 6.39. The zero-order valence-electron chi connectivity index (χ0n) is 12.6. The molecule has 0 saturated heterocycles. The number of para-hydroxylation sites is 1. The number of aryl methyl sites for hydroxylation is 1. The molecule has 0 aromatic heterocycles. The van der Waals surface area contributed by atoms with Crippen LogP contribution < -0.4 is 14.9 Å². The Bertz CT molecular complexity index is 771. The van der Waals surface area contributed by atoms with Crippen molar-refractivity contribution in [3.05, 3.63) is 53.6 Å². The van der Waals surface area contributed by atoms with Gasteiger partial charge in [0.1, 0.15) is 24.7 Å². The molecule has 0 atom stereocenters. The van der Waals surface area contributed by atoms with Gasteiger partial charge >= 0.3 is 0 Å². The lowest BCUT2D eigenvalue weighted by atomic mass is 10.2. The number of benzene rings is 2. The molecule has 3 rings (SSSR count). The maximum Gasteiger partial charge on any atom is 0.275 e. The first kappa shape index (κ1) is 14.9. The number of hydrazone groups is 1. The van der Waals surface area contributed by atoms with Gasteiger partial charge < -0.3 is 14.6 Å². The highest BCUT2D eigenvalue weighted by Crippen LogP contribution is 2.29. The predicted molar refractivity (Wildman–Crippen MR) is 85.2 cm³/mol. The van der Waals surface area contributed by atoms with Crippen molar-refractivity contribution in [2.75, 3.05) is 13.2 Å². The average Bonchev–Trinajstić information content (AvgIpc) is 2.75. The lowest BCUT2D eigenvalue weighted by Crippen LogP contribution is -2.24. The lowest BCUT2D eigenvalue weighted by molar-refractivity contribution is 0.0952. The van der Waals surface area contributed by atoms with Crippen LogP contribution in [0.4, 0.5) is 0 Å². The molecule has 0 bridgehead atoms. The number of ether oxygens (including phenoxy) is 2. The number of nitrogens with one attached hydrogen (secondary N) is 1. The summed E-state index contributed by atoms with van der Waals surface area (Å²) >= 11 is 0. The minimum atomic E-state index is -0.492. The first-order chi connectivity index (χ1) is 11.1. The minimum absolute atomic E-state index is 0.0959. The van der Waals surface area contributed by atoms with Crippen LogP contribution in [0.2, 0.25) is 0 Å². The highest BCUT2D eigenvalue weighted by Gasteiger charge is 2.15. The van der Waals surface area contributed by atoms with E-state index in [0.29, 0.717) is 17.2 Å². The Kier molecular flexibility index (Phi) is 4.14. The quantitative estimate of drug-likeness (QED) is 0.834. The van der Waals surface area contributed by atoms with Crippen LogP contribution in [0, 0.1) is 6.92 Å². The molecular weight excluding hydrogens is 296 g/mol. The van der Waals surface area contributed by atoms with Gasteiger partial charge in [0, 0.05) is 0 Å². The van der Waals surface area contributed by atoms with E-state index >= 15 is 0 Å². The molecule has 23 heavy (non-hydrogen) atoms. The molecule has 6 heteroatoms. The van der Waals surface area contributed by atoms with Crippen molar-refractivity contribution in [2.45, 2.75) is 6.92 Å². The second-order valence-electron chi connectivity index (χ2n) is 5.16. The number of rotatable bonds is 2. The molecule has 1 aliphatic rings. The largest absolute Gasteiger partial charge is 0.507 e. The number of fused-ring (bicyclic) bond motifs is 1. The lowest BCUT2D eigenvalue weighted by Gasteiger charge is -2.06. The van der Waals surface area contributed by atoms with E-state index in [2.05, 4.69) is 10.5 Å². The van der Waals surface area contributed by atoms with Crippen molar-refractivity contribution in [2.24, 2.45) is 5.10 Å². The van der Waals surface area contributed by atoms with Crippen molar-refractivity contribution in [1.82, 2.24) is 5.43 Å². The van der Waals surface area contributed by atoms with Gasteiger partial charge in [0.2, 0.25) is 0 Å². The Labute approximate surface area is 133 Å². The number of aromatic hydroxyl groups is 1. The Morgan fingerprint density at radius 1 is 1.13 bits per heavy atom. The third-order valence-electron chi connectivity index (χ3n) is 3.35. The highest BCUT2D eigenvalue weighted by atomic mass is 16.5. The molecule has 0 saturated carbocycles. The first-order valence-electron chi connectivity index (χ1n) is 7.13. The van der Waals surface area contributed by atoms with Crippen LogP contribution in [0.15, 0.2) is 47.6 Å². The maximum absolute atomic E-state index is 12.0. The molecular formula is C17H16N2O4. The molecule has 2 N–H and O–H groups in total. The van der Waals surface area contributed by atoms with E-state index in [1.54, 1.807) is 12.1 Å². The zero-order chi connectivity index (χ0) is 16.2. The van der Waals surface area contributed by atoms with Crippen molar-refractivity contribution < 1.29 is 19.4 Å². The predicted octanol–water partition coefficient (Wildman–Crippen LogP) is 2.26. The molecule has 1 amide bonds. The third-order valence-corrected chi connectivity index (χ3v) is 3.35. The summed E-state index contributed by atoms with van der Waals surface area (Å²) in [5.74, 6) is 0.713. The fourth-order valence-electron chi connectivity index (χ4n) is 2.13. The van der Waals surface area contributed by atoms with E-state index < -0.39 is 5.91 Å². The molecule has 0 fully saturated rings. The Morgan fingerprint density at radius 3 is 2.65 bits per heavy atom. The number of phenols is 1. The number of amides is 1. The van der Waals surface area contributed by atoms with Crippen LogP contribution >= 0.6 is 0 Å². The standard InChI is InChI=1S/C17H16N2O4/c1-11-6-7-15-16(8-11)23-10-12(9-22-15)18-19-17(21)13-4-2-3-5-14(13)20/h2-8,20H,9-10H2,1H3,(H,19,21)/b18-12+. The van der Waals surface area contributed by atoms with Gasteiger partial charge in [-0.3, -0.25) is 4.79 Å². The molecule has 6 nitrogen and oxygen atoms in total. The molecule has 0 spiro atoms. The van der Waals surface area contributed by atoms with Gasteiger partial charge in [-0.15, -0.1) is 0 Å². The van der Waals surface area contributed by atoms with Gasteiger partial charge in [-0.25, -0.2) is 5.43 Å². The van der Waals surface area contributed by atoms with E-state index in [1.807, 2.05) is 25.1 Å². The highest BCUT2D eigenvalue weighted by molar-refractivity contribution is 5.98. The van der Waals surface area contributed by atoms with E-state index in [9.17, 15) is 9.90 Å². The van der Waals surface area contributed by atoms with Gasteiger partial charge in [-0.2, -0.15) is 5.10 Å². The summed E-state index contributed by atoms with van der Waals surface area (Å²) in [5.41, 5.74) is 4.18. The van der Waals surface area contributed by atoms with Crippen molar-refractivity contribution >= 4 is 11.6 Å². The van der Waals surface area contributed by atoms with Gasteiger partial charge in [-0.05, 0) is 36.8 Å². The summed E-state index contributed by atoms with van der Waals surface area (Å²) in [5, 5.41) is 13.7. The van der Waals surface area contributed by atoms with Crippen LogP contribution in [0.3, 0.4) is 0 Å². The number of nitrogens with zero attached hydrogens (tertiary/aromatic N) is 1. The first-order valence-corrected chi connectivity index (χ1v) is 7.13. The Balaban J connectivity index is 1.68. The summed E-state index contributed by atoms with van der Waals surface area (Å²) in [6.45, 7) is 2.41. The van der Waals surface area contributed by atoms with E-state index in [1.165, 1.54) is 12.1 Å². The number of carbonyl (C=O) groups excluding carboxylic acids is 1. The van der Waals surface area contributed by atoms with E-state index in [-0.39, 0.29) is 24.5 Å². The molecule has 1 aliphatic heterocycles.